The molecule has 0 fully saturated rings. The molecule has 1 aromatic heterocycles. The number of hydrogen-bond donors (Lipinski definition) is 1. The van der Waals surface area contributed by atoms with E-state index in [1.54, 1.807) is 6.92 Å². The van der Waals surface area contributed by atoms with Gasteiger partial charge in [-0.1, -0.05) is 24.2 Å². The van der Waals surface area contributed by atoms with Gasteiger partial charge in [0.15, 0.2) is 6.61 Å². The number of benzene rings is 1. The van der Waals surface area contributed by atoms with Crippen LogP contribution in [-0.4, -0.2) is 21.4 Å². The van der Waals surface area contributed by atoms with Crippen LogP contribution in [-0.2, 0) is 19.4 Å². The largest absolute Gasteiger partial charge is 0.485 e. The van der Waals surface area contributed by atoms with Crippen LogP contribution in [0.1, 0.15) is 37.5 Å². The first-order valence-corrected chi connectivity index (χ1v) is 6.88. The molecule has 5 nitrogen and oxygen atoms in total. The second-order valence-electron chi connectivity index (χ2n) is 4.84. The number of aryl methyl sites for hydroxylation is 1. The molecule has 0 saturated heterocycles. The molecule has 0 radical (unpaired) electrons. The number of aromatic nitrogens is 2. The summed E-state index contributed by atoms with van der Waals surface area (Å²) in [5.41, 5.74) is 1.08. The molecule has 5 heteroatoms. The van der Waals surface area contributed by atoms with Crippen LogP contribution in [0.15, 0.2) is 28.8 Å². The third kappa shape index (κ3) is 4.35. The first-order valence-electron chi connectivity index (χ1n) is 6.88. The van der Waals surface area contributed by atoms with E-state index in [4.69, 9.17) is 9.26 Å². The lowest BCUT2D eigenvalue weighted by atomic mass is 10.1. The second-order valence-corrected chi connectivity index (χ2v) is 4.84. The fourth-order valence-electron chi connectivity index (χ4n) is 1.87. The topological polar surface area (TPSA) is 68.4 Å². The normalized spacial score (nSPS) is 12.3. The van der Waals surface area contributed by atoms with E-state index in [0.29, 0.717) is 24.7 Å². The molecule has 20 heavy (non-hydrogen) atoms. The van der Waals surface area contributed by atoms with Gasteiger partial charge in [-0.15, -0.1) is 0 Å². The van der Waals surface area contributed by atoms with Gasteiger partial charge in [-0.2, -0.15) is 4.98 Å². The minimum Gasteiger partial charge on any atom is -0.485 e. The van der Waals surface area contributed by atoms with Gasteiger partial charge in [0.05, 0.1) is 6.10 Å². The van der Waals surface area contributed by atoms with Gasteiger partial charge in [-0.05, 0) is 37.5 Å². The quantitative estimate of drug-likeness (QED) is 0.841. The molecule has 1 aromatic carbocycles. The van der Waals surface area contributed by atoms with Crippen LogP contribution in [0.25, 0.3) is 0 Å². The zero-order valence-corrected chi connectivity index (χ0v) is 11.9. The van der Waals surface area contributed by atoms with Crippen LogP contribution in [0.3, 0.4) is 0 Å². The Morgan fingerprint density at radius 3 is 2.70 bits per heavy atom. The van der Waals surface area contributed by atoms with E-state index >= 15 is 0 Å². The van der Waals surface area contributed by atoms with Gasteiger partial charge in [0.2, 0.25) is 11.7 Å². The molecule has 0 bridgehead atoms. The van der Waals surface area contributed by atoms with Gasteiger partial charge in [0.1, 0.15) is 5.75 Å². The molecular formula is C15H20N2O3. The fraction of sp³-hybridized carbons (Fsp3) is 0.467. The average molecular weight is 276 g/mol. The maximum Gasteiger partial charge on any atom is 0.226 e. The van der Waals surface area contributed by atoms with Crippen LogP contribution < -0.4 is 4.74 Å². The third-order valence-electron chi connectivity index (χ3n) is 2.80. The zero-order valence-electron chi connectivity index (χ0n) is 11.9. The Balaban J connectivity index is 1.86. The maximum atomic E-state index is 9.31. The van der Waals surface area contributed by atoms with E-state index in [-0.39, 0.29) is 6.10 Å². The Morgan fingerprint density at radius 2 is 2.05 bits per heavy atom. The third-order valence-corrected chi connectivity index (χ3v) is 2.80. The summed E-state index contributed by atoms with van der Waals surface area (Å²) >= 11 is 0. The van der Waals surface area contributed by atoms with Crippen LogP contribution in [0, 0.1) is 0 Å². The van der Waals surface area contributed by atoms with E-state index in [2.05, 4.69) is 17.1 Å². The summed E-state index contributed by atoms with van der Waals surface area (Å²) in [6.07, 6.45) is 2.08. The van der Waals surface area contributed by atoms with Crippen molar-refractivity contribution in [3.05, 3.63) is 41.5 Å². The Morgan fingerprint density at radius 1 is 1.30 bits per heavy atom. The summed E-state index contributed by atoms with van der Waals surface area (Å²) < 4.78 is 10.7. The van der Waals surface area contributed by atoms with Crippen LogP contribution >= 0.6 is 0 Å². The fourth-order valence-corrected chi connectivity index (χ4v) is 1.87. The molecule has 108 valence electrons. The molecule has 0 aliphatic rings. The number of aliphatic hydroxyl groups is 1. The number of aliphatic hydroxyl groups excluding tert-OH is 1. The number of hydrogen-bond acceptors (Lipinski definition) is 5. The molecule has 0 spiro atoms. The van der Waals surface area contributed by atoms with Crippen molar-refractivity contribution < 1.29 is 14.4 Å². The minimum atomic E-state index is -0.335. The lowest BCUT2D eigenvalue weighted by molar-refractivity contribution is 0.195. The van der Waals surface area contributed by atoms with Crippen molar-refractivity contribution in [2.24, 2.45) is 0 Å². The first-order chi connectivity index (χ1) is 9.67. The smallest absolute Gasteiger partial charge is 0.226 e. The summed E-state index contributed by atoms with van der Waals surface area (Å²) in [5.74, 6) is 1.96. The highest BCUT2D eigenvalue weighted by Crippen LogP contribution is 2.14. The zero-order chi connectivity index (χ0) is 14.4. The van der Waals surface area contributed by atoms with Crippen LogP contribution in [0.5, 0.6) is 5.75 Å². The van der Waals surface area contributed by atoms with Crippen molar-refractivity contribution in [1.82, 2.24) is 10.1 Å². The molecule has 0 saturated carbocycles. The van der Waals surface area contributed by atoms with Crippen molar-refractivity contribution >= 4 is 0 Å². The average Bonchev–Trinajstić information content (AvgIpc) is 2.86. The molecule has 2 aromatic rings. The van der Waals surface area contributed by atoms with E-state index in [9.17, 15) is 5.11 Å². The summed E-state index contributed by atoms with van der Waals surface area (Å²) in [7, 11) is 0. The van der Waals surface area contributed by atoms with Crippen LogP contribution in [0.4, 0.5) is 0 Å². The second kappa shape index (κ2) is 7.05. The predicted molar refractivity (Wildman–Crippen MR) is 74.5 cm³/mol. The highest BCUT2D eigenvalue weighted by atomic mass is 16.5. The van der Waals surface area contributed by atoms with Gasteiger partial charge < -0.3 is 14.4 Å². The van der Waals surface area contributed by atoms with E-state index in [0.717, 1.165) is 24.2 Å². The number of ether oxygens (including phenoxy) is 1. The summed E-state index contributed by atoms with van der Waals surface area (Å²) in [6.45, 7) is 4.13. The Labute approximate surface area is 118 Å². The van der Waals surface area contributed by atoms with Gasteiger partial charge in [0.25, 0.3) is 0 Å². The Hall–Kier alpha value is -1.88. The maximum absolute atomic E-state index is 9.31. The minimum absolute atomic E-state index is 0.295. The lowest BCUT2D eigenvalue weighted by Crippen LogP contribution is -2.04. The molecule has 0 aliphatic heterocycles. The number of rotatable bonds is 7. The molecule has 0 amide bonds. The highest BCUT2D eigenvalue weighted by Gasteiger charge is 2.06. The van der Waals surface area contributed by atoms with E-state index < -0.39 is 0 Å². The van der Waals surface area contributed by atoms with E-state index in [1.165, 1.54) is 0 Å². The molecule has 0 aliphatic carbocycles. The summed E-state index contributed by atoms with van der Waals surface area (Å²) in [5, 5.41) is 13.2. The van der Waals surface area contributed by atoms with Gasteiger partial charge in [-0.3, -0.25) is 0 Å². The summed E-state index contributed by atoms with van der Waals surface area (Å²) in [4.78, 5) is 4.24. The van der Waals surface area contributed by atoms with Crippen molar-refractivity contribution in [2.45, 2.75) is 45.8 Å². The van der Waals surface area contributed by atoms with Crippen molar-refractivity contribution in [3.63, 3.8) is 0 Å². The van der Waals surface area contributed by atoms with Crippen LogP contribution in [0.2, 0.25) is 0 Å². The Bertz CT molecular complexity index is 520. The highest BCUT2D eigenvalue weighted by molar-refractivity contribution is 5.27. The number of nitrogens with zero attached hydrogens (tertiary/aromatic N) is 2. The predicted octanol–water partition coefficient (Wildman–Crippen LogP) is 2.52. The first kappa shape index (κ1) is 14.5. The van der Waals surface area contributed by atoms with Gasteiger partial charge in [0, 0.05) is 6.42 Å². The molecular weight excluding hydrogens is 256 g/mol. The summed E-state index contributed by atoms with van der Waals surface area (Å²) in [6, 6.07) is 7.65. The van der Waals surface area contributed by atoms with Gasteiger partial charge >= 0.3 is 0 Å². The molecule has 1 N–H and O–H groups in total. The van der Waals surface area contributed by atoms with Crippen molar-refractivity contribution in [2.75, 3.05) is 0 Å². The molecule has 1 atom stereocenters. The van der Waals surface area contributed by atoms with Crippen molar-refractivity contribution in [1.29, 1.82) is 0 Å². The molecule has 1 unspecified atom stereocenters. The Kier molecular flexibility index (Phi) is 5.12. The van der Waals surface area contributed by atoms with Crippen molar-refractivity contribution in [3.8, 4) is 5.75 Å². The SMILES string of the molecule is CCCc1nc(COc2ccc(CC(C)O)cc2)no1. The molecule has 1 heterocycles. The standard InChI is InChI=1S/C15H20N2O3/c1-3-4-15-16-14(17-20-15)10-19-13-7-5-12(6-8-13)9-11(2)18/h5-8,11,18H,3-4,9-10H2,1-2H3. The lowest BCUT2D eigenvalue weighted by Gasteiger charge is -2.06. The monoisotopic (exact) mass is 276 g/mol. The molecule has 2 rings (SSSR count). The van der Waals surface area contributed by atoms with E-state index in [1.807, 2.05) is 24.3 Å². The van der Waals surface area contributed by atoms with Gasteiger partial charge in [-0.25, -0.2) is 0 Å².